The van der Waals surface area contributed by atoms with E-state index < -0.39 is 10.0 Å². The maximum absolute atomic E-state index is 11.5. The molecule has 15 heavy (non-hydrogen) atoms. The van der Waals surface area contributed by atoms with Gasteiger partial charge in [0.2, 0.25) is 10.0 Å². The minimum absolute atomic E-state index is 0.00319. The highest BCUT2D eigenvalue weighted by Crippen LogP contribution is 2.28. The van der Waals surface area contributed by atoms with Crippen molar-refractivity contribution in [1.29, 1.82) is 0 Å². The van der Waals surface area contributed by atoms with E-state index in [1.165, 1.54) is 32.1 Å². The van der Waals surface area contributed by atoms with E-state index in [2.05, 4.69) is 27.6 Å². The highest BCUT2D eigenvalue weighted by Gasteiger charge is 2.25. The Labute approximate surface area is 101 Å². The molecule has 0 bridgehead atoms. The van der Waals surface area contributed by atoms with Gasteiger partial charge in [-0.05, 0) is 25.2 Å². The van der Waals surface area contributed by atoms with Gasteiger partial charge in [-0.25, -0.2) is 13.1 Å². The number of hydrogen-bond donors (Lipinski definition) is 1. The summed E-state index contributed by atoms with van der Waals surface area (Å²) in [5.41, 5.74) is 0. The molecule has 0 saturated heterocycles. The monoisotopic (exact) mass is 297 g/mol. The third kappa shape index (κ3) is 4.41. The number of halogens is 1. The third-order valence-corrected chi connectivity index (χ3v) is 5.89. The van der Waals surface area contributed by atoms with Gasteiger partial charge in [0.25, 0.3) is 0 Å². The van der Waals surface area contributed by atoms with E-state index in [1.807, 2.05) is 0 Å². The van der Waals surface area contributed by atoms with Gasteiger partial charge in [0.15, 0.2) is 0 Å². The summed E-state index contributed by atoms with van der Waals surface area (Å²) < 4.78 is 25.7. The molecule has 1 fully saturated rings. The molecule has 0 aliphatic heterocycles. The van der Waals surface area contributed by atoms with E-state index in [-0.39, 0.29) is 10.7 Å². The highest BCUT2D eigenvalue weighted by atomic mass is 79.9. The van der Waals surface area contributed by atoms with Crippen molar-refractivity contribution in [2.24, 2.45) is 5.92 Å². The van der Waals surface area contributed by atoms with Gasteiger partial charge in [-0.3, -0.25) is 0 Å². The molecule has 0 aromatic heterocycles. The predicted octanol–water partition coefficient (Wildman–Crippen LogP) is 2.62. The lowest BCUT2D eigenvalue weighted by Crippen LogP contribution is -2.40. The molecule has 1 unspecified atom stereocenters. The van der Waals surface area contributed by atoms with Gasteiger partial charge in [0, 0.05) is 6.04 Å². The van der Waals surface area contributed by atoms with Crippen LogP contribution < -0.4 is 4.72 Å². The maximum atomic E-state index is 11.5. The lowest BCUT2D eigenvalue weighted by Gasteiger charge is -2.29. The van der Waals surface area contributed by atoms with Gasteiger partial charge in [-0.2, -0.15) is 0 Å². The van der Waals surface area contributed by atoms with Gasteiger partial charge in [0.1, 0.15) is 4.66 Å². The summed E-state index contributed by atoms with van der Waals surface area (Å²) in [5.74, 6) is 0.539. The summed E-state index contributed by atoms with van der Waals surface area (Å²) in [6.45, 7) is 2.05. The topological polar surface area (TPSA) is 46.2 Å². The third-order valence-electron chi connectivity index (χ3n) is 3.13. The Kier molecular flexibility index (Phi) is 5.57. The van der Waals surface area contributed by atoms with Crippen molar-refractivity contribution in [3.63, 3.8) is 0 Å². The quantitative estimate of drug-likeness (QED) is 0.793. The lowest BCUT2D eigenvalue weighted by molar-refractivity contribution is 0.285. The second-order valence-electron chi connectivity index (χ2n) is 4.25. The Morgan fingerprint density at radius 3 is 2.40 bits per heavy atom. The second kappa shape index (κ2) is 6.21. The molecule has 90 valence electrons. The molecule has 3 nitrogen and oxygen atoms in total. The standard InChI is InChI=1S/C10H20BrNO2S/c1-2-10(12-15(13,14)8-11)9-6-4-3-5-7-9/h9-10,12H,2-8H2,1H3. The van der Waals surface area contributed by atoms with E-state index in [0.717, 1.165) is 6.42 Å². The molecule has 0 amide bonds. The van der Waals surface area contributed by atoms with Gasteiger partial charge in [0.05, 0.1) is 0 Å². The van der Waals surface area contributed by atoms with E-state index in [9.17, 15) is 8.42 Å². The van der Waals surface area contributed by atoms with Crippen molar-refractivity contribution in [3.05, 3.63) is 0 Å². The molecule has 0 heterocycles. The first-order chi connectivity index (χ1) is 7.09. The zero-order valence-electron chi connectivity index (χ0n) is 9.21. The van der Waals surface area contributed by atoms with Crippen molar-refractivity contribution in [2.45, 2.75) is 51.5 Å². The molecule has 1 saturated carbocycles. The van der Waals surface area contributed by atoms with Crippen molar-refractivity contribution in [1.82, 2.24) is 4.72 Å². The SMILES string of the molecule is CCC(NS(=O)(=O)CBr)C1CCCCC1. The van der Waals surface area contributed by atoms with E-state index >= 15 is 0 Å². The lowest BCUT2D eigenvalue weighted by atomic mass is 9.83. The average Bonchev–Trinajstić information content (AvgIpc) is 2.27. The highest BCUT2D eigenvalue weighted by molar-refractivity contribution is 9.10. The van der Waals surface area contributed by atoms with Crippen LogP contribution in [-0.4, -0.2) is 19.1 Å². The maximum Gasteiger partial charge on any atom is 0.221 e. The minimum atomic E-state index is -3.11. The first-order valence-electron chi connectivity index (χ1n) is 5.65. The largest absolute Gasteiger partial charge is 0.221 e. The second-order valence-corrected chi connectivity index (χ2v) is 7.31. The summed E-state index contributed by atoms with van der Waals surface area (Å²) >= 11 is 3.00. The number of alkyl halides is 1. The molecular weight excluding hydrogens is 278 g/mol. The Morgan fingerprint density at radius 2 is 1.93 bits per heavy atom. The number of rotatable bonds is 5. The first-order valence-corrected chi connectivity index (χ1v) is 8.42. The Morgan fingerprint density at radius 1 is 1.33 bits per heavy atom. The molecule has 0 radical (unpaired) electrons. The van der Waals surface area contributed by atoms with Crippen LogP contribution in [0.2, 0.25) is 0 Å². The molecule has 5 heteroatoms. The van der Waals surface area contributed by atoms with Gasteiger partial charge >= 0.3 is 0 Å². The van der Waals surface area contributed by atoms with Gasteiger partial charge < -0.3 is 0 Å². The van der Waals surface area contributed by atoms with Gasteiger partial charge in [-0.15, -0.1) is 0 Å². The summed E-state index contributed by atoms with van der Waals surface area (Å²) in [6.07, 6.45) is 7.02. The number of nitrogens with one attached hydrogen (secondary N) is 1. The van der Waals surface area contributed by atoms with E-state index in [0.29, 0.717) is 5.92 Å². The van der Waals surface area contributed by atoms with Crippen LogP contribution in [0.15, 0.2) is 0 Å². The fourth-order valence-corrected chi connectivity index (χ4v) is 3.59. The zero-order valence-corrected chi connectivity index (χ0v) is 11.6. The zero-order chi connectivity index (χ0) is 11.3. The Bertz CT molecular complexity index is 273. The molecule has 1 aliphatic rings. The van der Waals surface area contributed by atoms with Crippen LogP contribution in [0.3, 0.4) is 0 Å². The molecule has 1 aliphatic carbocycles. The van der Waals surface area contributed by atoms with E-state index in [1.54, 1.807) is 0 Å². The van der Waals surface area contributed by atoms with Crippen LogP contribution in [0, 0.1) is 5.92 Å². The van der Waals surface area contributed by atoms with Crippen molar-refractivity contribution in [2.75, 3.05) is 4.66 Å². The summed E-state index contributed by atoms with van der Waals surface area (Å²) in [4.78, 5) is 0. The summed E-state index contributed by atoms with van der Waals surface area (Å²) in [7, 11) is -3.11. The summed E-state index contributed by atoms with van der Waals surface area (Å²) in [6, 6.07) is 0.132. The van der Waals surface area contributed by atoms with Crippen LogP contribution in [0.4, 0.5) is 0 Å². The van der Waals surface area contributed by atoms with Crippen LogP contribution in [0.5, 0.6) is 0 Å². The van der Waals surface area contributed by atoms with Crippen molar-refractivity contribution in [3.8, 4) is 0 Å². The normalized spacial score (nSPS) is 21.5. The predicted molar refractivity (Wildman–Crippen MR) is 66.5 cm³/mol. The molecular formula is C10H20BrNO2S. The first kappa shape index (κ1) is 13.5. The molecule has 1 atom stereocenters. The number of hydrogen-bond acceptors (Lipinski definition) is 2. The number of sulfonamides is 1. The van der Waals surface area contributed by atoms with Crippen molar-refractivity contribution >= 4 is 26.0 Å². The molecule has 0 spiro atoms. The summed E-state index contributed by atoms with van der Waals surface area (Å²) in [5, 5.41) is 0. The fraction of sp³-hybridized carbons (Fsp3) is 1.00. The minimum Gasteiger partial charge on any atom is -0.212 e. The van der Waals surface area contributed by atoms with Crippen LogP contribution in [0.1, 0.15) is 45.4 Å². The van der Waals surface area contributed by atoms with Crippen LogP contribution in [0.25, 0.3) is 0 Å². The molecule has 1 rings (SSSR count). The van der Waals surface area contributed by atoms with Gasteiger partial charge in [-0.1, -0.05) is 42.1 Å². The fourth-order valence-electron chi connectivity index (χ4n) is 2.31. The van der Waals surface area contributed by atoms with Crippen LogP contribution >= 0.6 is 15.9 Å². The van der Waals surface area contributed by atoms with Crippen molar-refractivity contribution < 1.29 is 8.42 Å². The smallest absolute Gasteiger partial charge is 0.212 e. The molecule has 1 N–H and O–H groups in total. The average molecular weight is 298 g/mol. The Balaban J connectivity index is 2.54. The molecule has 0 aromatic carbocycles. The van der Waals surface area contributed by atoms with E-state index in [4.69, 9.17) is 0 Å². The van der Waals surface area contributed by atoms with Crippen LogP contribution in [-0.2, 0) is 10.0 Å². The Hall–Kier alpha value is 0.390. The molecule has 0 aromatic rings.